The van der Waals surface area contributed by atoms with Crippen molar-refractivity contribution in [2.24, 2.45) is 0 Å². The Kier molecular flexibility index (Phi) is 6.31. The molecule has 0 radical (unpaired) electrons. The number of benzene rings is 2. The predicted molar refractivity (Wildman–Crippen MR) is 102 cm³/mol. The third-order valence-corrected chi connectivity index (χ3v) is 4.73. The lowest BCUT2D eigenvalue weighted by atomic mass is 10.2. The Bertz CT molecular complexity index is 951. The maximum Gasteiger partial charge on any atom is 0.230 e. The van der Waals surface area contributed by atoms with Crippen LogP contribution >= 0.6 is 23.4 Å². The van der Waals surface area contributed by atoms with Gasteiger partial charge in [0.1, 0.15) is 11.6 Å². The number of ether oxygens (including phenoxy) is 1. The van der Waals surface area contributed by atoms with Gasteiger partial charge in [0, 0.05) is 17.1 Å². The molecule has 9 heteroatoms. The molecule has 2 aromatic carbocycles. The van der Waals surface area contributed by atoms with E-state index in [0.29, 0.717) is 32.9 Å². The molecule has 1 aromatic heterocycles. The molecule has 3 aromatic rings. The SMILES string of the molecule is COc1ccc(Cl)cc1-c1nc(SCC(=O)NCc2ccccc2F)n[nH]1. The third-order valence-electron chi connectivity index (χ3n) is 3.65. The molecular formula is C18H16ClFN4O2S. The minimum atomic E-state index is -0.348. The number of methoxy groups -OCH3 is 1. The van der Waals surface area contributed by atoms with Crippen LogP contribution in [-0.4, -0.2) is 34.0 Å². The molecule has 27 heavy (non-hydrogen) atoms. The Morgan fingerprint density at radius 2 is 2.15 bits per heavy atom. The van der Waals surface area contributed by atoms with Gasteiger partial charge >= 0.3 is 0 Å². The van der Waals surface area contributed by atoms with E-state index in [4.69, 9.17) is 16.3 Å². The maximum absolute atomic E-state index is 13.5. The van der Waals surface area contributed by atoms with E-state index < -0.39 is 0 Å². The van der Waals surface area contributed by atoms with E-state index >= 15 is 0 Å². The number of carbonyl (C=O) groups is 1. The van der Waals surface area contributed by atoms with Crippen molar-refractivity contribution in [1.82, 2.24) is 20.5 Å². The third kappa shape index (κ3) is 4.99. The average Bonchev–Trinajstić information content (AvgIpc) is 3.14. The molecule has 1 amide bonds. The quantitative estimate of drug-likeness (QED) is 0.585. The molecule has 2 N–H and O–H groups in total. The van der Waals surface area contributed by atoms with E-state index in [1.54, 1.807) is 43.5 Å². The molecule has 0 aliphatic carbocycles. The highest BCUT2D eigenvalue weighted by atomic mass is 35.5. The largest absolute Gasteiger partial charge is 0.496 e. The number of nitrogens with zero attached hydrogens (tertiary/aromatic N) is 2. The smallest absolute Gasteiger partial charge is 0.230 e. The number of nitrogens with one attached hydrogen (secondary N) is 2. The summed E-state index contributed by atoms with van der Waals surface area (Å²) in [6, 6.07) is 11.5. The van der Waals surface area contributed by atoms with Crippen molar-refractivity contribution in [1.29, 1.82) is 0 Å². The number of carbonyl (C=O) groups excluding carboxylic acids is 1. The normalized spacial score (nSPS) is 10.6. The molecule has 3 rings (SSSR count). The lowest BCUT2D eigenvalue weighted by molar-refractivity contribution is -0.118. The van der Waals surface area contributed by atoms with E-state index in [2.05, 4.69) is 20.5 Å². The molecule has 0 fully saturated rings. The first-order valence-corrected chi connectivity index (χ1v) is 9.32. The molecule has 0 saturated heterocycles. The lowest BCUT2D eigenvalue weighted by Gasteiger charge is -2.06. The monoisotopic (exact) mass is 406 g/mol. The van der Waals surface area contributed by atoms with Gasteiger partial charge in [-0.2, -0.15) is 0 Å². The van der Waals surface area contributed by atoms with Crippen LogP contribution in [0.25, 0.3) is 11.4 Å². The number of hydrogen-bond acceptors (Lipinski definition) is 5. The summed E-state index contributed by atoms with van der Waals surface area (Å²) in [5.41, 5.74) is 1.11. The van der Waals surface area contributed by atoms with Gasteiger partial charge in [-0.1, -0.05) is 41.6 Å². The van der Waals surface area contributed by atoms with Crippen molar-refractivity contribution in [3.8, 4) is 17.1 Å². The fourth-order valence-electron chi connectivity index (χ4n) is 2.31. The van der Waals surface area contributed by atoms with Crippen LogP contribution in [0.3, 0.4) is 0 Å². The van der Waals surface area contributed by atoms with Crippen LogP contribution < -0.4 is 10.1 Å². The van der Waals surface area contributed by atoms with Gasteiger partial charge in [0.05, 0.1) is 18.4 Å². The van der Waals surface area contributed by atoms with Gasteiger partial charge in [-0.05, 0) is 24.3 Å². The fourth-order valence-corrected chi connectivity index (χ4v) is 3.11. The molecule has 6 nitrogen and oxygen atoms in total. The molecule has 0 spiro atoms. The first-order chi connectivity index (χ1) is 13.1. The van der Waals surface area contributed by atoms with Gasteiger partial charge < -0.3 is 10.1 Å². The standard InChI is InChI=1S/C18H16ClFN4O2S/c1-26-15-7-6-12(19)8-13(15)17-22-18(24-23-17)27-10-16(25)21-9-11-4-2-3-5-14(11)20/h2-8H,9-10H2,1H3,(H,21,25)(H,22,23,24). The van der Waals surface area contributed by atoms with Gasteiger partial charge in [-0.3, -0.25) is 9.89 Å². The maximum atomic E-state index is 13.5. The van der Waals surface area contributed by atoms with Crippen LogP contribution in [0.2, 0.25) is 5.02 Å². The van der Waals surface area contributed by atoms with E-state index in [1.807, 2.05) is 0 Å². The topological polar surface area (TPSA) is 79.9 Å². The van der Waals surface area contributed by atoms with Crippen LogP contribution in [0, 0.1) is 5.82 Å². The summed E-state index contributed by atoms with van der Waals surface area (Å²) >= 11 is 7.20. The van der Waals surface area contributed by atoms with Gasteiger partial charge in [-0.15, -0.1) is 5.10 Å². The molecule has 0 bridgehead atoms. The molecule has 0 aliphatic heterocycles. The zero-order valence-electron chi connectivity index (χ0n) is 14.3. The Balaban J connectivity index is 1.57. The number of halogens is 2. The Morgan fingerprint density at radius 3 is 2.93 bits per heavy atom. The van der Waals surface area contributed by atoms with Crippen LogP contribution in [0.4, 0.5) is 4.39 Å². The molecule has 0 unspecified atom stereocenters. The second-order valence-corrected chi connectivity index (χ2v) is 6.85. The van der Waals surface area contributed by atoms with Crippen molar-refractivity contribution < 1.29 is 13.9 Å². The van der Waals surface area contributed by atoms with Crippen molar-refractivity contribution in [2.75, 3.05) is 12.9 Å². The summed E-state index contributed by atoms with van der Waals surface area (Å²) in [6.45, 7) is 0.130. The number of aromatic amines is 1. The fraction of sp³-hybridized carbons (Fsp3) is 0.167. The van der Waals surface area contributed by atoms with Gasteiger partial charge in [-0.25, -0.2) is 9.37 Å². The summed E-state index contributed by atoms with van der Waals surface area (Å²) in [5.74, 6) is 0.617. The Morgan fingerprint density at radius 1 is 1.33 bits per heavy atom. The van der Waals surface area contributed by atoms with Crippen molar-refractivity contribution in [2.45, 2.75) is 11.7 Å². The van der Waals surface area contributed by atoms with Crippen LogP contribution in [-0.2, 0) is 11.3 Å². The molecule has 1 heterocycles. The molecule has 0 atom stereocenters. The van der Waals surface area contributed by atoms with E-state index in [0.717, 1.165) is 0 Å². The summed E-state index contributed by atoms with van der Waals surface area (Å²) in [4.78, 5) is 16.3. The van der Waals surface area contributed by atoms with Crippen molar-refractivity contribution in [3.05, 3.63) is 58.9 Å². The zero-order valence-corrected chi connectivity index (χ0v) is 15.9. The molecular weight excluding hydrogens is 391 g/mol. The number of amides is 1. The minimum absolute atomic E-state index is 0.110. The number of H-pyrrole nitrogens is 1. The van der Waals surface area contributed by atoms with Crippen molar-refractivity contribution in [3.63, 3.8) is 0 Å². The van der Waals surface area contributed by atoms with Gasteiger partial charge in [0.2, 0.25) is 11.1 Å². The lowest BCUT2D eigenvalue weighted by Crippen LogP contribution is -2.25. The Hall–Kier alpha value is -2.58. The summed E-state index contributed by atoms with van der Waals surface area (Å²) < 4.78 is 18.8. The Labute approximate surface area is 164 Å². The number of rotatable bonds is 7. The highest BCUT2D eigenvalue weighted by Gasteiger charge is 2.13. The van der Waals surface area contributed by atoms with Crippen LogP contribution in [0.15, 0.2) is 47.6 Å². The number of aromatic nitrogens is 3. The highest BCUT2D eigenvalue weighted by molar-refractivity contribution is 7.99. The predicted octanol–water partition coefficient (Wildman–Crippen LogP) is 3.68. The highest BCUT2D eigenvalue weighted by Crippen LogP contribution is 2.31. The van der Waals surface area contributed by atoms with Gasteiger partial charge in [0.25, 0.3) is 0 Å². The average molecular weight is 407 g/mol. The first kappa shape index (κ1) is 19.2. The van der Waals surface area contributed by atoms with Crippen LogP contribution in [0.1, 0.15) is 5.56 Å². The molecule has 140 valence electrons. The summed E-state index contributed by atoms with van der Waals surface area (Å²) in [5, 5.41) is 10.5. The number of thioether (sulfide) groups is 1. The molecule has 0 aliphatic rings. The minimum Gasteiger partial charge on any atom is -0.496 e. The van der Waals surface area contributed by atoms with E-state index in [-0.39, 0.29) is 24.0 Å². The molecule has 0 saturated carbocycles. The van der Waals surface area contributed by atoms with Gasteiger partial charge in [0.15, 0.2) is 5.82 Å². The first-order valence-electron chi connectivity index (χ1n) is 7.96. The second-order valence-electron chi connectivity index (χ2n) is 5.47. The van der Waals surface area contributed by atoms with E-state index in [9.17, 15) is 9.18 Å². The van der Waals surface area contributed by atoms with Crippen LogP contribution in [0.5, 0.6) is 5.75 Å². The number of hydrogen-bond donors (Lipinski definition) is 2. The van der Waals surface area contributed by atoms with E-state index in [1.165, 1.54) is 17.8 Å². The zero-order chi connectivity index (χ0) is 19.2. The van der Waals surface area contributed by atoms with Crippen molar-refractivity contribution >= 4 is 29.3 Å². The summed E-state index contributed by atoms with van der Waals surface area (Å²) in [7, 11) is 1.55. The summed E-state index contributed by atoms with van der Waals surface area (Å²) in [6.07, 6.45) is 0. The second kappa shape index (κ2) is 8.88.